The van der Waals surface area contributed by atoms with E-state index in [-0.39, 0.29) is 0 Å². The highest BCUT2D eigenvalue weighted by Crippen LogP contribution is 2.64. The smallest absolute Gasteiger partial charge is 0.0725 e. The predicted octanol–water partition coefficient (Wildman–Crippen LogP) is 16.3. The fourth-order valence-electron chi connectivity index (χ4n) is 9.93. The maximum atomic E-state index is 5.60. The van der Waals surface area contributed by atoms with Crippen molar-refractivity contribution in [3.8, 4) is 44.5 Å². The van der Waals surface area contributed by atoms with Crippen molar-refractivity contribution in [3.05, 3.63) is 271 Å². The summed E-state index contributed by atoms with van der Waals surface area (Å²) in [4.78, 5) is 0. The van der Waals surface area contributed by atoms with Gasteiger partial charge in [-0.2, -0.15) is 0 Å². The Morgan fingerprint density at radius 2 is 0.905 bits per heavy atom. The van der Waals surface area contributed by atoms with Crippen LogP contribution >= 0.6 is 11.3 Å². The third kappa shape index (κ3) is 6.47. The molecule has 0 amide bonds. The lowest BCUT2D eigenvalue weighted by molar-refractivity contribution is 0.799. The van der Waals surface area contributed by atoms with Crippen LogP contribution in [0.2, 0.25) is 0 Å². The van der Waals surface area contributed by atoms with Crippen molar-refractivity contribution in [2.24, 2.45) is 0 Å². The quantitative estimate of drug-likeness (QED) is 0.172. The number of allylic oxidation sites excluding steroid dienone is 4. The molecule has 12 rings (SSSR count). The molecule has 9 aromatic carbocycles. The van der Waals surface area contributed by atoms with Gasteiger partial charge in [0.25, 0.3) is 0 Å². The Balaban J connectivity index is 0.000000293. The van der Waals surface area contributed by atoms with Crippen LogP contribution in [0.3, 0.4) is 0 Å². The lowest BCUT2D eigenvalue weighted by Gasteiger charge is -2.31. The molecule has 298 valence electrons. The number of hydrogen-bond acceptors (Lipinski definition) is 2. The molecule has 0 bridgehead atoms. The number of fused-ring (bicyclic) bond motifs is 10. The molecule has 0 saturated carbocycles. The summed E-state index contributed by atoms with van der Waals surface area (Å²) in [6, 6.07) is 78.6. The highest BCUT2D eigenvalue weighted by molar-refractivity contribution is 7.25. The summed E-state index contributed by atoms with van der Waals surface area (Å²) >= 11 is 1.87. The van der Waals surface area contributed by atoms with E-state index < -0.39 is 5.41 Å². The number of nitrogens with two attached hydrogens (primary N) is 1. The zero-order valence-corrected chi connectivity index (χ0v) is 35.5. The van der Waals surface area contributed by atoms with Gasteiger partial charge in [0.2, 0.25) is 0 Å². The average Bonchev–Trinajstić information content (AvgIpc) is 3.96. The number of anilines is 1. The highest BCUT2D eigenvalue weighted by atomic mass is 32.1. The molecular weight excluding hydrogens is 779 g/mol. The number of benzene rings is 9. The summed E-state index contributed by atoms with van der Waals surface area (Å²) in [6.07, 6.45) is 6.55. The van der Waals surface area contributed by atoms with Crippen molar-refractivity contribution < 1.29 is 0 Å². The Hall–Kier alpha value is -7.78. The van der Waals surface area contributed by atoms with Crippen LogP contribution in [0.1, 0.15) is 27.8 Å². The Kier molecular flexibility index (Phi) is 9.64. The largest absolute Gasteiger partial charge is 0.399 e. The van der Waals surface area contributed by atoms with Crippen molar-refractivity contribution in [2.75, 3.05) is 5.73 Å². The van der Waals surface area contributed by atoms with Gasteiger partial charge in [0.1, 0.15) is 0 Å². The fraction of sp³-hybridized carbons (Fsp3) is 0.0164. The first-order valence-electron chi connectivity index (χ1n) is 21.5. The molecule has 0 aliphatic heterocycles. The van der Waals surface area contributed by atoms with E-state index in [0.29, 0.717) is 0 Å². The van der Waals surface area contributed by atoms with E-state index in [2.05, 4.69) is 195 Å². The predicted molar refractivity (Wildman–Crippen MR) is 271 cm³/mol. The third-order valence-corrected chi connectivity index (χ3v) is 13.8. The first kappa shape index (κ1) is 38.2. The number of nitrogen functional groups attached to an aromatic ring is 1. The van der Waals surface area contributed by atoms with Crippen molar-refractivity contribution in [1.82, 2.24) is 0 Å². The van der Waals surface area contributed by atoms with E-state index in [1.165, 1.54) is 104 Å². The van der Waals surface area contributed by atoms with Crippen molar-refractivity contribution in [2.45, 2.75) is 5.41 Å². The van der Waals surface area contributed by atoms with Gasteiger partial charge in [0.15, 0.2) is 0 Å². The van der Waals surface area contributed by atoms with Crippen LogP contribution in [0.25, 0.3) is 76.3 Å². The summed E-state index contributed by atoms with van der Waals surface area (Å²) in [5.74, 6) is 0. The average molecular weight is 822 g/mol. The summed E-state index contributed by atoms with van der Waals surface area (Å²) in [5.41, 5.74) is 25.0. The Morgan fingerprint density at radius 1 is 0.413 bits per heavy atom. The van der Waals surface area contributed by atoms with Crippen LogP contribution in [0.5, 0.6) is 0 Å². The zero-order valence-electron chi connectivity index (χ0n) is 34.7. The summed E-state index contributed by atoms with van der Waals surface area (Å²) < 4.78 is 2.64. The molecule has 0 fully saturated rings. The SMILES string of the molecule is C=C/C=C1\C(=C/c2ccc(-c3cc4sc5ccccc5c4cc3-c3ccccc3)cc2)C2(c3ccccc31)c1ccccc1-c1ccccc12.Nc1ccc(-c2ccccc2)cc1. The molecule has 1 aromatic heterocycles. The van der Waals surface area contributed by atoms with Crippen LogP contribution in [0, 0.1) is 0 Å². The highest BCUT2D eigenvalue weighted by Gasteiger charge is 2.53. The maximum absolute atomic E-state index is 5.60. The number of rotatable bonds is 5. The lowest BCUT2D eigenvalue weighted by Crippen LogP contribution is -2.25. The molecule has 0 unspecified atom stereocenters. The van der Waals surface area contributed by atoms with Gasteiger partial charge < -0.3 is 5.73 Å². The molecule has 0 atom stereocenters. The maximum Gasteiger partial charge on any atom is 0.0725 e. The second-order valence-electron chi connectivity index (χ2n) is 16.2. The zero-order chi connectivity index (χ0) is 42.3. The van der Waals surface area contributed by atoms with Crippen LogP contribution < -0.4 is 5.73 Å². The van der Waals surface area contributed by atoms with Crippen molar-refractivity contribution in [1.29, 1.82) is 0 Å². The minimum atomic E-state index is -0.413. The van der Waals surface area contributed by atoms with Gasteiger partial charge >= 0.3 is 0 Å². The summed E-state index contributed by atoms with van der Waals surface area (Å²) in [5, 5.41) is 2.64. The van der Waals surface area contributed by atoms with Gasteiger partial charge in [-0.25, -0.2) is 0 Å². The molecule has 1 spiro atoms. The Morgan fingerprint density at radius 3 is 1.56 bits per heavy atom. The van der Waals surface area contributed by atoms with E-state index in [1.807, 2.05) is 59.9 Å². The molecule has 10 aromatic rings. The fourth-order valence-corrected chi connectivity index (χ4v) is 11.1. The second-order valence-corrected chi connectivity index (χ2v) is 17.3. The van der Waals surface area contributed by atoms with Gasteiger partial charge in [0, 0.05) is 25.9 Å². The molecule has 1 heterocycles. The number of thiophene rings is 1. The molecule has 1 nitrogen and oxygen atoms in total. The van der Waals surface area contributed by atoms with E-state index >= 15 is 0 Å². The molecular formula is C61H43NS. The topological polar surface area (TPSA) is 26.0 Å². The van der Waals surface area contributed by atoms with Gasteiger partial charge in [-0.3, -0.25) is 0 Å². The van der Waals surface area contributed by atoms with Gasteiger partial charge in [0.05, 0.1) is 5.41 Å². The standard InChI is InChI=1S/C49H32S.C12H11N/c1-2-14-35-36-17-6-10-21-43(36)49(44-22-11-7-18-37(44)38-19-8-12-23-45(38)49)46(35)29-32-25-27-34(28-26-32)41-31-48-42(39-20-9-13-24-47(39)50-48)30-40(41)33-15-4-3-5-16-33;13-12-8-6-11(7-9-12)10-4-2-1-3-5-10/h2-31H,1H2;1-9H,13H2/b35-14-,46-29+;. The van der Waals surface area contributed by atoms with Crippen LogP contribution in [-0.2, 0) is 5.41 Å². The molecule has 2 aliphatic carbocycles. The third-order valence-electron chi connectivity index (χ3n) is 12.7. The number of hydrogen-bond donors (Lipinski definition) is 1. The lowest BCUT2D eigenvalue weighted by atomic mass is 9.70. The molecule has 2 aliphatic rings. The summed E-state index contributed by atoms with van der Waals surface area (Å²) in [6.45, 7) is 4.15. The van der Waals surface area contributed by atoms with Crippen LogP contribution in [0.15, 0.2) is 243 Å². The summed E-state index contributed by atoms with van der Waals surface area (Å²) in [7, 11) is 0. The monoisotopic (exact) mass is 821 g/mol. The van der Waals surface area contributed by atoms with Gasteiger partial charge in [-0.15, -0.1) is 11.3 Å². The van der Waals surface area contributed by atoms with Crippen LogP contribution in [-0.4, -0.2) is 0 Å². The molecule has 2 N–H and O–H groups in total. The molecule has 0 radical (unpaired) electrons. The minimum absolute atomic E-state index is 0.413. The van der Waals surface area contributed by atoms with Crippen molar-refractivity contribution >= 4 is 48.8 Å². The van der Waals surface area contributed by atoms with E-state index in [4.69, 9.17) is 5.73 Å². The molecule has 0 saturated heterocycles. The van der Waals surface area contributed by atoms with E-state index in [9.17, 15) is 0 Å². The van der Waals surface area contributed by atoms with E-state index in [0.717, 1.165) is 5.69 Å². The molecule has 63 heavy (non-hydrogen) atoms. The second kappa shape index (κ2) is 15.9. The minimum Gasteiger partial charge on any atom is -0.399 e. The Bertz CT molecular complexity index is 3340. The molecule has 2 heteroatoms. The van der Waals surface area contributed by atoms with Crippen LogP contribution in [0.4, 0.5) is 5.69 Å². The first-order chi connectivity index (χ1) is 31.1. The first-order valence-corrected chi connectivity index (χ1v) is 22.3. The van der Waals surface area contributed by atoms with Crippen molar-refractivity contribution in [3.63, 3.8) is 0 Å². The van der Waals surface area contributed by atoms with E-state index in [1.54, 1.807) is 0 Å². The van der Waals surface area contributed by atoms with Gasteiger partial charge in [-0.05, 0) is 120 Å². The normalized spacial score (nSPS) is 14.3. The van der Waals surface area contributed by atoms with Gasteiger partial charge in [-0.1, -0.05) is 207 Å². The Labute approximate surface area is 373 Å².